The van der Waals surface area contributed by atoms with Gasteiger partial charge in [-0.3, -0.25) is 0 Å². The highest BCUT2D eigenvalue weighted by atomic mass is 35.7. The number of carbonyl (C=O) groups excluding carboxylic acids is 1. The molecule has 19 heavy (non-hydrogen) atoms. The van der Waals surface area contributed by atoms with E-state index in [2.05, 4.69) is 0 Å². The second-order valence-electron chi connectivity index (χ2n) is 4.29. The van der Waals surface area contributed by atoms with Gasteiger partial charge in [0.2, 0.25) is 0 Å². The van der Waals surface area contributed by atoms with Gasteiger partial charge in [0.05, 0.1) is 6.10 Å². The topological polar surface area (TPSA) is 65.4 Å². The number of ether oxygens (including phenoxy) is 1. The monoisotopic (exact) mass is 307 g/mol. The minimum atomic E-state index is -3.84. The molecule has 1 aromatic rings. The average Bonchev–Trinajstić information content (AvgIpc) is 2.72. The fraction of sp³-hybridized carbons (Fsp3) is 0.583. The zero-order valence-electron chi connectivity index (χ0n) is 11.2. The number of rotatable bonds is 6. The van der Waals surface area contributed by atoms with Crippen molar-refractivity contribution in [3.05, 3.63) is 18.0 Å². The summed E-state index contributed by atoms with van der Waals surface area (Å²) in [5.74, 6) is -0.533. The van der Waals surface area contributed by atoms with E-state index in [1.807, 2.05) is 6.92 Å². The Morgan fingerprint density at radius 1 is 1.47 bits per heavy atom. The van der Waals surface area contributed by atoms with Crippen LogP contribution in [0.1, 0.15) is 44.1 Å². The third-order valence-corrected chi connectivity index (χ3v) is 4.03. The fourth-order valence-corrected chi connectivity index (χ4v) is 2.52. The molecule has 108 valence electrons. The maximum absolute atomic E-state index is 12.0. The molecule has 0 aliphatic carbocycles. The van der Waals surface area contributed by atoms with Crippen molar-refractivity contribution in [3.8, 4) is 0 Å². The Hall–Kier alpha value is -1.01. The van der Waals surface area contributed by atoms with Crippen LogP contribution in [0.3, 0.4) is 0 Å². The van der Waals surface area contributed by atoms with Crippen molar-refractivity contribution in [1.29, 1.82) is 0 Å². The summed E-state index contributed by atoms with van der Waals surface area (Å²) >= 11 is 0. The SMILES string of the molecule is CCCC(C)OC(=O)c1cc(S(=O)(=O)Cl)cn1CC. The van der Waals surface area contributed by atoms with Gasteiger partial charge in [-0.2, -0.15) is 0 Å². The summed E-state index contributed by atoms with van der Waals surface area (Å²) in [4.78, 5) is 11.9. The highest BCUT2D eigenvalue weighted by molar-refractivity contribution is 8.13. The molecule has 0 amide bonds. The van der Waals surface area contributed by atoms with E-state index >= 15 is 0 Å². The molecule has 0 fully saturated rings. The maximum Gasteiger partial charge on any atom is 0.355 e. The Kier molecular flexibility index (Phi) is 5.43. The maximum atomic E-state index is 12.0. The van der Waals surface area contributed by atoms with Gasteiger partial charge >= 0.3 is 5.97 Å². The summed E-state index contributed by atoms with van der Waals surface area (Å²) in [6.45, 7) is 6.06. The third-order valence-electron chi connectivity index (χ3n) is 2.71. The molecule has 0 saturated carbocycles. The second-order valence-corrected chi connectivity index (χ2v) is 6.86. The van der Waals surface area contributed by atoms with Gasteiger partial charge in [0.1, 0.15) is 10.6 Å². The molecule has 0 spiro atoms. The van der Waals surface area contributed by atoms with Crippen LogP contribution in [0.4, 0.5) is 0 Å². The number of aromatic nitrogens is 1. The van der Waals surface area contributed by atoms with Crippen molar-refractivity contribution in [2.24, 2.45) is 0 Å². The number of carbonyl (C=O) groups is 1. The predicted octanol–water partition coefficient (Wildman–Crippen LogP) is 2.78. The van der Waals surface area contributed by atoms with Crippen molar-refractivity contribution in [2.45, 2.75) is 51.2 Å². The average molecular weight is 308 g/mol. The Morgan fingerprint density at radius 2 is 2.11 bits per heavy atom. The quantitative estimate of drug-likeness (QED) is 0.599. The lowest BCUT2D eigenvalue weighted by Gasteiger charge is -2.12. The van der Waals surface area contributed by atoms with Crippen LogP contribution in [-0.2, 0) is 20.3 Å². The standard InChI is InChI=1S/C12H18ClNO4S/c1-4-6-9(3)18-12(15)11-7-10(19(13,16)17)8-14(11)5-2/h7-9H,4-6H2,1-3H3. The van der Waals surface area contributed by atoms with Gasteiger partial charge < -0.3 is 9.30 Å². The van der Waals surface area contributed by atoms with Gasteiger partial charge in [-0.25, -0.2) is 13.2 Å². The summed E-state index contributed by atoms with van der Waals surface area (Å²) in [5, 5.41) is 0. The van der Waals surface area contributed by atoms with E-state index < -0.39 is 15.0 Å². The molecule has 1 aromatic heterocycles. The first-order valence-corrected chi connectivity index (χ1v) is 8.46. The third kappa shape index (κ3) is 4.24. The Morgan fingerprint density at radius 3 is 2.58 bits per heavy atom. The predicted molar refractivity (Wildman–Crippen MR) is 72.9 cm³/mol. The Labute approximate surface area is 117 Å². The summed E-state index contributed by atoms with van der Waals surface area (Å²) in [6.07, 6.45) is 2.81. The summed E-state index contributed by atoms with van der Waals surface area (Å²) in [6, 6.07) is 1.24. The molecule has 0 N–H and O–H groups in total. The van der Waals surface area contributed by atoms with Crippen LogP contribution >= 0.6 is 10.7 Å². The van der Waals surface area contributed by atoms with Crippen LogP contribution < -0.4 is 0 Å². The number of hydrogen-bond acceptors (Lipinski definition) is 4. The molecule has 7 heteroatoms. The molecule has 0 bridgehead atoms. The van der Waals surface area contributed by atoms with E-state index in [9.17, 15) is 13.2 Å². The number of aryl methyl sites for hydroxylation is 1. The second kappa shape index (κ2) is 6.43. The largest absolute Gasteiger partial charge is 0.458 e. The molecule has 1 atom stereocenters. The first-order valence-electron chi connectivity index (χ1n) is 6.15. The molecule has 1 heterocycles. The van der Waals surface area contributed by atoms with Gasteiger partial charge in [0, 0.05) is 23.4 Å². The van der Waals surface area contributed by atoms with Crippen LogP contribution in [-0.4, -0.2) is 25.1 Å². The van der Waals surface area contributed by atoms with Crippen molar-refractivity contribution < 1.29 is 17.9 Å². The Balaban J connectivity index is 2.99. The van der Waals surface area contributed by atoms with E-state index in [0.29, 0.717) is 6.54 Å². The molecule has 0 aromatic carbocycles. The zero-order valence-corrected chi connectivity index (χ0v) is 12.8. The van der Waals surface area contributed by atoms with E-state index in [-0.39, 0.29) is 16.7 Å². The lowest BCUT2D eigenvalue weighted by Crippen LogP contribution is -2.17. The van der Waals surface area contributed by atoms with Crippen molar-refractivity contribution >= 4 is 25.7 Å². The molecule has 0 radical (unpaired) electrons. The minimum Gasteiger partial charge on any atom is -0.458 e. The smallest absolute Gasteiger partial charge is 0.355 e. The van der Waals surface area contributed by atoms with Crippen molar-refractivity contribution in [3.63, 3.8) is 0 Å². The molecule has 1 rings (SSSR count). The number of esters is 1. The molecular weight excluding hydrogens is 290 g/mol. The highest BCUT2D eigenvalue weighted by Crippen LogP contribution is 2.20. The summed E-state index contributed by atoms with van der Waals surface area (Å²) in [7, 11) is 1.42. The van der Waals surface area contributed by atoms with Crippen LogP contribution in [0.15, 0.2) is 17.2 Å². The van der Waals surface area contributed by atoms with Gasteiger partial charge in [-0.15, -0.1) is 0 Å². The van der Waals surface area contributed by atoms with E-state index in [4.69, 9.17) is 15.4 Å². The number of nitrogens with zero attached hydrogens (tertiary/aromatic N) is 1. The highest BCUT2D eigenvalue weighted by Gasteiger charge is 2.21. The molecule has 0 saturated heterocycles. The molecule has 0 aliphatic heterocycles. The lowest BCUT2D eigenvalue weighted by atomic mass is 10.2. The van der Waals surface area contributed by atoms with Crippen LogP contribution in [0.25, 0.3) is 0 Å². The van der Waals surface area contributed by atoms with Gasteiger partial charge in [-0.1, -0.05) is 13.3 Å². The first kappa shape index (κ1) is 16.0. The van der Waals surface area contributed by atoms with Gasteiger partial charge in [-0.05, 0) is 26.3 Å². The first-order chi connectivity index (χ1) is 8.79. The van der Waals surface area contributed by atoms with Gasteiger partial charge in [0.15, 0.2) is 0 Å². The van der Waals surface area contributed by atoms with Crippen molar-refractivity contribution in [2.75, 3.05) is 0 Å². The summed E-state index contributed by atoms with van der Waals surface area (Å²) in [5.41, 5.74) is 0.199. The summed E-state index contributed by atoms with van der Waals surface area (Å²) < 4.78 is 29.3. The molecular formula is C12H18ClNO4S. The number of halogens is 1. The van der Waals surface area contributed by atoms with Crippen LogP contribution in [0.5, 0.6) is 0 Å². The van der Waals surface area contributed by atoms with E-state index in [1.165, 1.54) is 16.8 Å². The minimum absolute atomic E-state index is 0.0916. The van der Waals surface area contributed by atoms with Crippen LogP contribution in [0, 0.1) is 0 Å². The Bertz CT molecular complexity index is 550. The molecule has 0 aliphatic rings. The lowest BCUT2D eigenvalue weighted by molar-refractivity contribution is 0.0311. The zero-order chi connectivity index (χ0) is 14.6. The van der Waals surface area contributed by atoms with E-state index in [0.717, 1.165) is 12.8 Å². The molecule has 1 unspecified atom stereocenters. The van der Waals surface area contributed by atoms with E-state index in [1.54, 1.807) is 13.8 Å². The van der Waals surface area contributed by atoms with Crippen LogP contribution in [0.2, 0.25) is 0 Å². The number of hydrogen-bond donors (Lipinski definition) is 0. The fourth-order valence-electron chi connectivity index (χ4n) is 1.76. The molecule has 5 nitrogen and oxygen atoms in total. The normalized spacial score (nSPS) is 13.3. The van der Waals surface area contributed by atoms with Crippen molar-refractivity contribution in [1.82, 2.24) is 4.57 Å². The van der Waals surface area contributed by atoms with Gasteiger partial charge in [0.25, 0.3) is 9.05 Å².